The molecule has 2 aromatic carbocycles. The molecule has 4 nitrogen and oxygen atoms in total. The van der Waals surface area contributed by atoms with E-state index in [4.69, 9.17) is 26.8 Å². The van der Waals surface area contributed by atoms with Crippen LogP contribution in [0.25, 0.3) is 0 Å². The molecule has 2 aromatic rings. The average molecular weight is 293 g/mol. The molecular weight excluding hydrogens is 276 g/mol. The minimum absolute atomic E-state index is 0.510. The second kappa shape index (κ2) is 5.92. The summed E-state index contributed by atoms with van der Waals surface area (Å²) in [4.78, 5) is 0. The van der Waals surface area contributed by atoms with Gasteiger partial charge in [0, 0.05) is 17.4 Å². The Hall–Kier alpha value is -2.07. The zero-order chi connectivity index (χ0) is 14.7. The van der Waals surface area contributed by atoms with Gasteiger partial charge in [0.05, 0.1) is 24.9 Å². The number of nitrogens with two attached hydrogens (primary N) is 1. The van der Waals surface area contributed by atoms with E-state index in [1.807, 2.05) is 25.1 Å². The van der Waals surface area contributed by atoms with Crippen molar-refractivity contribution >= 4 is 28.7 Å². The summed E-state index contributed by atoms with van der Waals surface area (Å²) in [5, 5.41) is 3.75. The van der Waals surface area contributed by atoms with E-state index in [-0.39, 0.29) is 0 Å². The van der Waals surface area contributed by atoms with Crippen LogP contribution in [0.5, 0.6) is 11.5 Å². The van der Waals surface area contributed by atoms with Gasteiger partial charge in [-0.05, 0) is 30.7 Å². The van der Waals surface area contributed by atoms with Gasteiger partial charge >= 0.3 is 0 Å². The Labute approximate surface area is 123 Å². The van der Waals surface area contributed by atoms with Crippen LogP contribution in [0.1, 0.15) is 5.56 Å². The molecule has 3 N–H and O–H groups in total. The van der Waals surface area contributed by atoms with Crippen LogP contribution in [-0.2, 0) is 0 Å². The monoisotopic (exact) mass is 292 g/mol. The highest BCUT2D eigenvalue weighted by Gasteiger charge is 2.10. The van der Waals surface area contributed by atoms with E-state index in [0.29, 0.717) is 16.5 Å². The summed E-state index contributed by atoms with van der Waals surface area (Å²) in [5.74, 6) is 1.21. The van der Waals surface area contributed by atoms with Crippen LogP contribution in [0, 0.1) is 6.92 Å². The molecular formula is C15H17ClN2O2. The number of anilines is 3. The van der Waals surface area contributed by atoms with Crippen LogP contribution in [0.2, 0.25) is 5.02 Å². The highest BCUT2D eigenvalue weighted by atomic mass is 35.5. The highest BCUT2D eigenvalue weighted by Crippen LogP contribution is 2.37. The first kappa shape index (κ1) is 14.3. The summed E-state index contributed by atoms with van der Waals surface area (Å²) >= 11 is 6.14. The fourth-order valence-corrected chi connectivity index (χ4v) is 2.07. The van der Waals surface area contributed by atoms with Crippen molar-refractivity contribution in [2.24, 2.45) is 0 Å². The predicted molar refractivity (Wildman–Crippen MR) is 83.4 cm³/mol. The molecule has 5 heteroatoms. The van der Waals surface area contributed by atoms with Crippen molar-refractivity contribution in [2.75, 3.05) is 25.3 Å². The molecule has 2 rings (SSSR count). The lowest BCUT2D eigenvalue weighted by Gasteiger charge is -2.14. The fourth-order valence-electron chi connectivity index (χ4n) is 1.83. The summed E-state index contributed by atoms with van der Waals surface area (Å²) in [6, 6.07) is 9.27. The van der Waals surface area contributed by atoms with Crippen molar-refractivity contribution in [3.63, 3.8) is 0 Å². The van der Waals surface area contributed by atoms with Crippen LogP contribution in [0.4, 0.5) is 17.1 Å². The van der Waals surface area contributed by atoms with Crippen molar-refractivity contribution in [2.45, 2.75) is 6.92 Å². The summed E-state index contributed by atoms with van der Waals surface area (Å²) in [7, 11) is 3.16. The second-order valence-electron chi connectivity index (χ2n) is 4.38. The van der Waals surface area contributed by atoms with Gasteiger partial charge in [0.2, 0.25) is 0 Å². The highest BCUT2D eigenvalue weighted by molar-refractivity contribution is 6.32. The standard InChI is InChI=1S/C15H17ClN2O2/c1-9-4-5-10(6-12(9)17)18-13-7-11(16)14(19-2)8-15(13)20-3/h4-8,18H,17H2,1-3H3. The maximum absolute atomic E-state index is 6.14. The van der Waals surface area contributed by atoms with Crippen LogP contribution in [0.3, 0.4) is 0 Å². The van der Waals surface area contributed by atoms with Gasteiger partial charge in [0.25, 0.3) is 0 Å². The van der Waals surface area contributed by atoms with Gasteiger partial charge in [0.15, 0.2) is 0 Å². The Morgan fingerprint density at radius 3 is 2.35 bits per heavy atom. The molecule has 0 spiro atoms. The molecule has 0 unspecified atom stereocenters. The number of rotatable bonds is 4. The molecule has 0 bridgehead atoms. The average Bonchev–Trinajstić information content (AvgIpc) is 2.43. The second-order valence-corrected chi connectivity index (χ2v) is 4.79. The minimum Gasteiger partial charge on any atom is -0.495 e. The van der Waals surface area contributed by atoms with Crippen molar-refractivity contribution in [1.82, 2.24) is 0 Å². The van der Waals surface area contributed by atoms with Gasteiger partial charge < -0.3 is 20.5 Å². The summed E-state index contributed by atoms with van der Waals surface area (Å²) in [6.45, 7) is 1.96. The van der Waals surface area contributed by atoms with E-state index in [9.17, 15) is 0 Å². The lowest BCUT2D eigenvalue weighted by molar-refractivity contribution is 0.396. The summed E-state index contributed by atoms with van der Waals surface area (Å²) in [5.41, 5.74) is 9.29. The van der Waals surface area contributed by atoms with Gasteiger partial charge in [-0.3, -0.25) is 0 Å². The first-order chi connectivity index (χ1) is 9.55. The Bertz CT molecular complexity index is 630. The Morgan fingerprint density at radius 2 is 1.75 bits per heavy atom. The quantitative estimate of drug-likeness (QED) is 0.837. The molecule has 0 heterocycles. The van der Waals surface area contributed by atoms with Crippen LogP contribution in [0.15, 0.2) is 30.3 Å². The number of halogens is 1. The van der Waals surface area contributed by atoms with Crippen LogP contribution < -0.4 is 20.5 Å². The van der Waals surface area contributed by atoms with Gasteiger partial charge in [-0.25, -0.2) is 0 Å². The molecule has 0 aliphatic carbocycles. The predicted octanol–water partition coefficient (Wildman–Crippen LogP) is 3.99. The number of methoxy groups -OCH3 is 2. The first-order valence-electron chi connectivity index (χ1n) is 6.10. The lowest BCUT2D eigenvalue weighted by atomic mass is 10.2. The van der Waals surface area contributed by atoms with E-state index in [0.717, 1.165) is 22.6 Å². The molecule has 0 saturated heterocycles. The SMILES string of the molecule is COc1cc(OC)c(Nc2ccc(C)c(N)c2)cc1Cl. The van der Waals surface area contributed by atoms with Gasteiger partial charge in [0.1, 0.15) is 11.5 Å². The molecule has 0 radical (unpaired) electrons. The largest absolute Gasteiger partial charge is 0.495 e. The number of nitrogen functional groups attached to an aromatic ring is 1. The smallest absolute Gasteiger partial charge is 0.146 e. The number of nitrogens with one attached hydrogen (secondary N) is 1. The van der Waals surface area contributed by atoms with Gasteiger partial charge in [-0.1, -0.05) is 17.7 Å². The molecule has 0 saturated carbocycles. The Balaban J connectivity index is 2.37. The maximum atomic E-state index is 6.14. The number of hydrogen-bond donors (Lipinski definition) is 2. The third kappa shape index (κ3) is 2.91. The number of aryl methyl sites for hydroxylation is 1. The van der Waals surface area contributed by atoms with E-state index in [1.165, 1.54) is 0 Å². The number of ether oxygens (including phenoxy) is 2. The molecule has 0 aromatic heterocycles. The van der Waals surface area contributed by atoms with E-state index >= 15 is 0 Å². The van der Waals surface area contributed by atoms with E-state index in [1.54, 1.807) is 26.4 Å². The molecule has 0 atom stereocenters. The van der Waals surface area contributed by atoms with Crippen molar-refractivity contribution < 1.29 is 9.47 Å². The van der Waals surface area contributed by atoms with Gasteiger partial charge in [-0.2, -0.15) is 0 Å². The molecule has 0 amide bonds. The van der Waals surface area contributed by atoms with Crippen LogP contribution >= 0.6 is 11.6 Å². The summed E-state index contributed by atoms with van der Waals surface area (Å²) in [6.07, 6.45) is 0. The number of benzene rings is 2. The first-order valence-corrected chi connectivity index (χ1v) is 6.47. The normalized spacial score (nSPS) is 10.2. The molecule has 0 aliphatic rings. The zero-order valence-corrected chi connectivity index (χ0v) is 12.4. The van der Waals surface area contributed by atoms with Crippen molar-refractivity contribution in [1.29, 1.82) is 0 Å². The molecule has 20 heavy (non-hydrogen) atoms. The third-order valence-electron chi connectivity index (χ3n) is 3.03. The summed E-state index contributed by atoms with van der Waals surface area (Å²) < 4.78 is 10.5. The fraction of sp³-hybridized carbons (Fsp3) is 0.200. The van der Waals surface area contributed by atoms with Crippen molar-refractivity contribution in [3.05, 3.63) is 40.9 Å². The van der Waals surface area contributed by atoms with Gasteiger partial charge in [-0.15, -0.1) is 0 Å². The van der Waals surface area contributed by atoms with Crippen molar-refractivity contribution in [3.8, 4) is 11.5 Å². The van der Waals surface area contributed by atoms with Crippen LogP contribution in [-0.4, -0.2) is 14.2 Å². The lowest BCUT2D eigenvalue weighted by Crippen LogP contribution is -1.98. The van der Waals surface area contributed by atoms with E-state index < -0.39 is 0 Å². The molecule has 0 fully saturated rings. The van der Waals surface area contributed by atoms with E-state index in [2.05, 4.69) is 5.32 Å². The molecule has 0 aliphatic heterocycles. The number of hydrogen-bond acceptors (Lipinski definition) is 4. The minimum atomic E-state index is 0.510. The third-order valence-corrected chi connectivity index (χ3v) is 3.33. The molecule has 106 valence electrons. The maximum Gasteiger partial charge on any atom is 0.146 e. The Kier molecular flexibility index (Phi) is 4.25. The zero-order valence-electron chi connectivity index (χ0n) is 11.7. The Morgan fingerprint density at radius 1 is 1.05 bits per heavy atom. The topological polar surface area (TPSA) is 56.5 Å².